The van der Waals surface area contributed by atoms with Crippen molar-refractivity contribution in [2.45, 2.75) is 31.7 Å². The summed E-state index contributed by atoms with van der Waals surface area (Å²) in [6, 6.07) is 9.69. The van der Waals surface area contributed by atoms with Crippen LogP contribution in [0.5, 0.6) is 0 Å². The molecule has 106 valence electrons. The topological polar surface area (TPSA) is 49.4 Å². The lowest BCUT2D eigenvalue weighted by Crippen LogP contribution is -2.45. The molecule has 1 saturated heterocycles. The summed E-state index contributed by atoms with van der Waals surface area (Å²) in [5, 5.41) is 3.05. The van der Waals surface area contributed by atoms with Crippen molar-refractivity contribution in [3.63, 3.8) is 0 Å². The Balaban J connectivity index is 1.62. The van der Waals surface area contributed by atoms with Crippen molar-refractivity contribution in [2.24, 2.45) is 5.92 Å². The summed E-state index contributed by atoms with van der Waals surface area (Å²) in [5.74, 6) is 0.115. The quantitative estimate of drug-likeness (QED) is 0.912. The van der Waals surface area contributed by atoms with Gasteiger partial charge in [0.2, 0.25) is 5.91 Å². The molecule has 3 rings (SSSR count). The zero-order valence-corrected chi connectivity index (χ0v) is 11.5. The van der Waals surface area contributed by atoms with Crippen molar-refractivity contribution in [2.75, 3.05) is 13.1 Å². The summed E-state index contributed by atoms with van der Waals surface area (Å²) in [5.41, 5.74) is 0.704. The van der Waals surface area contributed by atoms with Gasteiger partial charge in [0.1, 0.15) is 0 Å². The molecule has 2 amide bonds. The van der Waals surface area contributed by atoms with Crippen LogP contribution in [0.2, 0.25) is 0 Å². The smallest absolute Gasteiger partial charge is 0.253 e. The Morgan fingerprint density at radius 3 is 2.55 bits per heavy atom. The Labute approximate surface area is 119 Å². The first-order valence-electron chi connectivity index (χ1n) is 7.39. The number of benzene rings is 1. The van der Waals surface area contributed by atoms with Gasteiger partial charge in [-0.15, -0.1) is 0 Å². The Hall–Kier alpha value is -1.84. The molecule has 1 aromatic rings. The molecule has 2 fully saturated rings. The van der Waals surface area contributed by atoms with E-state index in [0.717, 1.165) is 32.2 Å². The van der Waals surface area contributed by atoms with Crippen LogP contribution < -0.4 is 5.32 Å². The maximum Gasteiger partial charge on any atom is 0.253 e. The number of rotatable bonds is 3. The maximum absolute atomic E-state index is 12.4. The van der Waals surface area contributed by atoms with E-state index in [1.54, 1.807) is 0 Å². The van der Waals surface area contributed by atoms with Gasteiger partial charge >= 0.3 is 0 Å². The fourth-order valence-corrected chi connectivity index (χ4v) is 2.69. The second-order valence-corrected chi connectivity index (χ2v) is 5.74. The minimum atomic E-state index is -0.0444. The Kier molecular flexibility index (Phi) is 3.72. The second kappa shape index (κ2) is 5.65. The molecule has 4 nitrogen and oxygen atoms in total. The molecule has 1 unspecified atom stereocenters. The van der Waals surface area contributed by atoms with Crippen LogP contribution in [0.4, 0.5) is 0 Å². The van der Waals surface area contributed by atoms with Gasteiger partial charge in [0.15, 0.2) is 0 Å². The van der Waals surface area contributed by atoms with Crippen LogP contribution in [0.15, 0.2) is 30.3 Å². The molecule has 1 aliphatic heterocycles. The molecule has 20 heavy (non-hydrogen) atoms. The molecule has 1 saturated carbocycles. The number of amides is 2. The molecular weight excluding hydrogens is 252 g/mol. The van der Waals surface area contributed by atoms with Crippen LogP contribution >= 0.6 is 0 Å². The first-order chi connectivity index (χ1) is 9.74. The van der Waals surface area contributed by atoms with Crippen LogP contribution in [-0.4, -0.2) is 35.8 Å². The van der Waals surface area contributed by atoms with Crippen LogP contribution in [0.1, 0.15) is 36.0 Å². The SMILES string of the molecule is O=C(NC1CC1)C1CCCN(C(=O)c2ccccc2)C1. The third-order valence-corrected chi connectivity index (χ3v) is 4.02. The van der Waals surface area contributed by atoms with Crippen molar-refractivity contribution in [1.29, 1.82) is 0 Å². The number of carbonyl (C=O) groups excluding carboxylic acids is 2. The summed E-state index contributed by atoms with van der Waals surface area (Å²) >= 11 is 0. The number of nitrogens with one attached hydrogen (secondary N) is 1. The zero-order chi connectivity index (χ0) is 13.9. The zero-order valence-electron chi connectivity index (χ0n) is 11.5. The van der Waals surface area contributed by atoms with Gasteiger partial charge in [-0.3, -0.25) is 9.59 Å². The number of nitrogens with zero attached hydrogens (tertiary/aromatic N) is 1. The molecule has 2 aliphatic rings. The lowest BCUT2D eigenvalue weighted by atomic mass is 9.96. The van der Waals surface area contributed by atoms with E-state index in [9.17, 15) is 9.59 Å². The highest BCUT2D eigenvalue weighted by atomic mass is 16.2. The Bertz CT molecular complexity index is 496. The van der Waals surface area contributed by atoms with E-state index in [1.807, 2.05) is 35.2 Å². The average molecular weight is 272 g/mol. The molecule has 0 aromatic heterocycles. The summed E-state index contributed by atoms with van der Waals surface area (Å²) < 4.78 is 0. The largest absolute Gasteiger partial charge is 0.353 e. The third-order valence-electron chi connectivity index (χ3n) is 4.02. The number of hydrogen-bond acceptors (Lipinski definition) is 2. The molecule has 1 aliphatic carbocycles. The van der Waals surface area contributed by atoms with Crippen LogP contribution in [0, 0.1) is 5.92 Å². The molecule has 4 heteroatoms. The van der Waals surface area contributed by atoms with Gasteiger partial charge in [-0.25, -0.2) is 0 Å². The van der Waals surface area contributed by atoms with Crippen LogP contribution in [0.25, 0.3) is 0 Å². The average Bonchev–Trinajstić information content (AvgIpc) is 3.31. The predicted octanol–water partition coefficient (Wildman–Crippen LogP) is 1.82. The molecule has 1 atom stereocenters. The van der Waals surface area contributed by atoms with E-state index in [-0.39, 0.29) is 17.7 Å². The lowest BCUT2D eigenvalue weighted by molar-refractivity contribution is -0.126. The normalized spacial score (nSPS) is 22.4. The highest BCUT2D eigenvalue weighted by Crippen LogP contribution is 2.23. The Morgan fingerprint density at radius 1 is 1.10 bits per heavy atom. The van der Waals surface area contributed by atoms with Crippen molar-refractivity contribution in [1.82, 2.24) is 10.2 Å². The van der Waals surface area contributed by atoms with E-state index in [1.165, 1.54) is 0 Å². The van der Waals surface area contributed by atoms with Crippen molar-refractivity contribution in [3.05, 3.63) is 35.9 Å². The van der Waals surface area contributed by atoms with E-state index >= 15 is 0 Å². The monoisotopic (exact) mass is 272 g/mol. The third kappa shape index (κ3) is 3.00. The minimum Gasteiger partial charge on any atom is -0.353 e. The minimum absolute atomic E-state index is 0.0366. The first-order valence-corrected chi connectivity index (χ1v) is 7.39. The maximum atomic E-state index is 12.4. The number of likely N-dealkylation sites (tertiary alicyclic amines) is 1. The fourth-order valence-electron chi connectivity index (χ4n) is 2.69. The standard InChI is InChI=1S/C16H20N2O2/c19-15(17-14-8-9-14)13-7-4-10-18(11-13)16(20)12-5-2-1-3-6-12/h1-3,5-6,13-14H,4,7-11H2,(H,17,19). The molecule has 0 bridgehead atoms. The number of piperidine rings is 1. The van der Waals surface area contributed by atoms with Crippen molar-refractivity contribution < 1.29 is 9.59 Å². The van der Waals surface area contributed by atoms with E-state index in [2.05, 4.69) is 5.32 Å². The molecular formula is C16H20N2O2. The fraction of sp³-hybridized carbons (Fsp3) is 0.500. The summed E-state index contributed by atoms with van der Waals surface area (Å²) in [4.78, 5) is 26.3. The lowest BCUT2D eigenvalue weighted by Gasteiger charge is -2.32. The van der Waals surface area contributed by atoms with Crippen molar-refractivity contribution in [3.8, 4) is 0 Å². The van der Waals surface area contributed by atoms with Crippen LogP contribution in [-0.2, 0) is 4.79 Å². The number of hydrogen-bond donors (Lipinski definition) is 1. The number of carbonyl (C=O) groups is 2. The molecule has 1 N–H and O–H groups in total. The van der Waals surface area contributed by atoms with E-state index < -0.39 is 0 Å². The molecule has 1 aromatic carbocycles. The van der Waals surface area contributed by atoms with Gasteiger partial charge in [-0.1, -0.05) is 18.2 Å². The predicted molar refractivity (Wildman–Crippen MR) is 76.2 cm³/mol. The van der Waals surface area contributed by atoms with Gasteiger partial charge in [-0.2, -0.15) is 0 Å². The summed E-state index contributed by atoms with van der Waals surface area (Å²) in [7, 11) is 0. The van der Waals surface area contributed by atoms with Gasteiger partial charge in [0, 0.05) is 24.7 Å². The molecule has 1 heterocycles. The van der Waals surface area contributed by atoms with Crippen LogP contribution in [0.3, 0.4) is 0 Å². The molecule has 0 spiro atoms. The van der Waals surface area contributed by atoms with Gasteiger partial charge < -0.3 is 10.2 Å². The molecule has 0 radical (unpaired) electrons. The summed E-state index contributed by atoms with van der Waals surface area (Å²) in [6.07, 6.45) is 3.99. The summed E-state index contributed by atoms with van der Waals surface area (Å²) in [6.45, 7) is 1.30. The first kappa shape index (κ1) is 13.2. The van der Waals surface area contributed by atoms with Gasteiger partial charge in [0.25, 0.3) is 5.91 Å². The van der Waals surface area contributed by atoms with E-state index in [4.69, 9.17) is 0 Å². The second-order valence-electron chi connectivity index (χ2n) is 5.74. The van der Waals surface area contributed by atoms with E-state index in [0.29, 0.717) is 18.2 Å². The Morgan fingerprint density at radius 2 is 1.85 bits per heavy atom. The highest BCUT2D eigenvalue weighted by molar-refractivity contribution is 5.94. The van der Waals surface area contributed by atoms with Gasteiger partial charge in [-0.05, 0) is 37.8 Å². The van der Waals surface area contributed by atoms with Crippen molar-refractivity contribution >= 4 is 11.8 Å². The van der Waals surface area contributed by atoms with Gasteiger partial charge in [0.05, 0.1) is 5.92 Å². The highest BCUT2D eigenvalue weighted by Gasteiger charge is 2.32.